The van der Waals surface area contributed by atoms with E-state index in [0.717, 1.165) is 77.7 Å². The molecule has 2 aromatic carbocycles. The molecule has 1 fully saturated rings. The summed E-state index contributed by atoms with van der Waals surface area (Å²) in [5.41, 5.74) is 5.08. The van der Waals surface area contributed by atoms with Gasteiger partial charge in [-0.05, 0) is 94.1 Å². The Morgan fingerprint density at radius 1 is 1.05 bits per heavy atom. The Hall–Kier alpha value is -2.96. The highest BCUT2D eigenvalue weighted by atomic mass is 16.5. The molecule has 6 nitrogen and oxygen atoms in total. The minimum absolute atomic E-state index is 0.0634. The molecule has 1 saturated carbocycles. The molecule has 2 atom stereocenters. The number of aryl methyl sites for hydroxylation is 1. The van der Waals surface area contributed by atoms with Crippen molar-refractivity contribution in [3.8, 4) is 16.9 Å². The van der Waals surface area contributed by atoms with E-state index in [1.807, 2.05) is 44.0 Å². The number of methoxy groups -OCH3 is 1. The topological polar surface area (TPSA) is 54.9 Å². The van der Waals surface area contributed by atoms with Gasteiger partial charge < -0.3 is 19.3 Å². The van der Waals surface area contributed by atoms with Crippen LogP contribution in [-0.2, 0) is 9.53 Å². The van der Waals surface area contributed by atoms with Crippen LogP contribution < -0.4 is 9.64 Å². The summed E-state index contributed by atoms with van der Waals surface area (Å²) in [6.07, 6.45) is 7.02. The first kappa shape index (κ1) is 29.6. The molecule has 0 spiro atoms. The summed E-state index contributed by atoms with van der Waals surface area (Å²) in [6, 6.07) is 14.7. The second-order valence-corrected chi connectivity index (χ2v) is 10.1. The number of amides is 1. The number of benzene rings is 2. The summed E-state index contributed by atoms with van der Waals surface area (Å²) >= 11 is 0. The van der Waals surface area contributed by atoms with Crippen molar-refractivity contribution in [1.29, 1.82) is 0 Å². The highest BCUT2D eigenvalue weighted by molar-refractivity contribution is 6.04. The monoisotopic (exact) mass is 519 g/mol. The van der Waals surface area contributed by atoms with E-state index in [1.165, 1.54) is 0 Å². The molecule has 1 heterocycles. The normalized spacial score (nSPS) is 17.2. The first-order valence-electron chi connectivity index (χ1n) is 14.0. The molecule has 0 N–H and O–H groups in total. The van der Waals surface area contributed by atoms with Crippen molar-refractivity contribution < 1.29 is 14.3 Å². The van der Waals surface area contributed by atoms with Crippen LogP contribution in [-0.4, -0.2) is 62.3 Å². The number of carbonyl (C=O) groups is 1. The number of ether oxygens (including phenoxy) is 2. The van der Waals surface area contributed by atoms with Crippen molar-refractivity contribution in [2.24, 2.45) is 0 Å². The number of hydrogen-bond donors (Lipinski definition) is 0. The molecule has 38 heavy (non-hydrogen) atoms. The largest absolute Gasteiger partial charge is 0.494 e. The Morgan fingerprint density at radius 3 is 2.42 bits per heavy atom. The number of hydrogen-bond acceptors (Lipinski definition) is 5. The third kappa shape index (κ3) is 7.33. The van der Waals surface area contributed by atoms with Gasteiger partial charge in [0.25, 0.3) is 0 Å². The van der Waals surface area contributed by atoms with Crippen LogP contribution in [0.1, 0.15) is 58.4 Å². The second kappa shape index (κ2) is 14.3. The summed E-state index contributed by atoms with van der Waals surface area (Å²) in [4.78, 5) is 21.9. The van der Waals surface area contributed by atoms with Gasteiger partial charge in [-0.1, -0.05) is 32.0 Å². The van der Waals surface area contributed by atoms with Crippen molar-refractivity contribution in [1.82, 2.24) is 9.88 Å². The molecule has 1 amide bonds. The fourth-order valence-corrected chi connectivity index (χ4v) is 5.26. The standard InChI is InChI=1S/C30H39N3O3.C2H6/c1-21-20-31-29-15-12-24(23-10-13-26(14-11-23)36-17-7-16-32(3)4)18-28(29)30(21)33(22(2)34)25-8-6-9-27(19-25)35-5;1-2/h10-15,18,20,25,27H,6-9,16-17,19H2,1-5H3;1-2H3/t25?,27-;/m0./s1. The van der Waals surface area contributed by atoms with Gasteiger partial charge >= 0.3 is 0 Å². The van der Waals surface area contributed by atoms with E-state index < -0.39 is 0 Å². The zero-order chi connectivity index (χ0) is 27.7. The Balaban J connectivity index is 0.00000195. The maximum atomic E-state index is 13.0. The van der Waals surface area contributed by atoms with Gasteiger partial charge in [-0.25, -0.2) is 0 Å². The Kier molecular flexibility index (Phi) is 11.1. The van der Waals surface area contributed by atoms with Gasteiger partial charge in [0, 0.05) is 38.2 Å². The van der Waals surface area contributed by atoms with Crippen molar-refractivity contribution in [3.63, 3.8) is 0 Å². The van der Waals surface area contributed by atoms with Crippen molar-refractivity contribution in [2.45, 2.75) is 71.9 Å². The molecule has 1 unspecified atom stereocenters. The Bertz CT molecular complexity index is 1180. The number of rotatable bonds is 9. The molecule has 0 bridgehead atoms. The van der Waals surface area contributed by atoms with Crippen LogP contribution in [0.15, 0.2) is 48.7 Å². The molecular formula is C32H45N3O3. The number of pyridine rings is 1. The third-order valence-corrected chi connectivity index (χ3v) is 7.11. The van der Waals surface area contributed by atoms with Gasteiger partial charge in [-0.2, -0.15) is 0 Å². The lowest BCUT2D eigenvalue weighted by Crippen LogP contribution is -2.44. The van der Waals surface area contributed by atoms with E-state index in [2.05, 4.69) is 54.3 Å². The van der Waals surface area contributed by atoms with Crippen LogP contribution in [0.4, 0.5) is 5.69 Å². The van der Waals surface area contributed by atoms with Crippen LogP contribution in [0.2, 0.25) is 0 Å². The zero-order valence-electron chi connectivity index (χ0n) is 24.3. The van der Waals surface area contributed by atoms with Gasteiger partial charge in [-0.15, -0.1) is 0 Å². The minimum atomic E-state index is 0.0634. The van der Waals surface area contributed by atoms with E-state index in [9.17, 15) is 4.79 Å². The molecule has 1 aromatic heterocycles. The molecule has 1 aliphatic rings. The van der Waals surface area contributed by atoms with Gasteiger partial charge in [0.1, 0.15) is 5.75 Å². The summed E-state index contributed by atoms with van der Waals surface area (Å²) in [7, 11) is 5.91. The van der Waals surface area contributed by atoms with Crippen LogP contribution >= 0.6 is 0 Å². The SMILES string of the molecule is CC.CO[C@H]1CCCC(N(C(C)=O)c2c(C)cnc3ccc(-c4ccc(OCCCN(C)C)cc4)cc23)C1. The summed E-state index contributed by atoms with van der Waals surface area (Å²) < 4.78 is 11.6. The average molecular weight is 520 g/mol. The van der Waals surface area contributed by atoms with Crippen LogP contribution in [0.25, 0.3) is 22.0 Å². The second-order valence-electron chi connectivity index (χ2n) is 10.1. The molecule has 4 rings (SSSR count). The first-order chi connectivity index (χ1) is 18.4. The molecule has 0 radical (unpaired) electrons. The van der Waals surface area contributed by atoms with Gasteiger partial charge in [0.05, 0.1) is 23.9 Å². The van der Waals surface area contributed by atoms with Crippen LogP contribution in [0.3, 0.4) is 0 Å². The van der Waals surface area contributed by atoms with E-state index in [4.69, 9.17) is 9.47 Å². The molecule has 1 aliphatic carbocycles. The van der Waals surface area contributed by atoms with E-state index in [0.29, 0.717) is 6.61 Å². The lowest BCUT2D eigenvalue weighted by Gasteiger charge is -2.37. The van der Waals surface area contributed by atoms with E-state index >= 15 is 0 Å². The summed E-state index contributed by atoms with van der Waals surface area (Å²) in [6.45, 7) is 9.43. The summed E-state index contributed by atoms with van der Waals surface area (Å²) in [5.74, 6) is 0.942. The zero-order valence-corrected chi connectivity index (χ0v) is 24.3. The maximum absolute atomic E-state index is 13.0. The Labute approximate surface area is 229 Å². The lowest BCUT2D eigenvalue weighted by molar-refractivity contribution is -0.117. The Morgan fingerprint density at radius 2 is 1.76 bits per heavy atom. The quantitative estimate of drug-likeness (QED) is 0.289. The first-order valence-corrected chi connectivity index (χ1v) is 14.0. The highest BCUT2D eigenvalue weighted by Gasteiger charge is 2.31. The third-order valence-electron chi connectivity index (χ3n) is 7.11. The number of anilines is 1. The summed E-state index contributed by atoms with van der Waals surface area (Å²) in [5, 5.41) is 1.01. The predicted octanol–water partition coefficient (Wildman–Crippen LogP) is 6.88. The fourth-order valence-electron chi connectivity index (χ4n) is 5.26. The number of carbonyl (C=O) groups excluding carboxylic acids is 1. The van der Waals surface area contributed by atoms with Crippen molar-refractivity contribution >= 4 is 22.5 Å². The smallest absolute Gasteiger partial charge is 0.224 e. The predicted molar refractivity (Wildman–Crippen MR) is 158 cm³/mol. The molecule has 3 aromatic rings. The van der Waals surface area contributed by atoms with Crippen molar-refractivity contribution in [3.05, 3.63) is 54.2 Å². The van der Waals surface area contributed by atoms with Gasteiger partial charge in [-0.3, -0.25) is 9.78 Å². The average Bonchev–Trinajstić information content (AvgIpc) is 2.93. The minimum Gasteiger partial charge on any atom is -0.494 e. The van der Waals surface area contributed by atoms with Crippen LogP contribution in [0.5, 0.6) is 5.75 Å². The highest BCUT2D eigenvalue weighted by Crippen LogP contribution is 2.37. The van der Waals surface area contributed by atoms with Crippen LogP contribution in [0, 0.1) is 6.92 Å². The molecule has 206 valence electrons. The number of aromatic nitrogens is 1. The number of nitrogens with zero attached hydrogens (tertiary/aromatic N) is 3. The maximum Gasteiger partial charge on any atom is 0.224 e. The van der Waals surface area contributed by atoms with E-state index in [-0.39, 0.29) is 18.1 Å². The molecular weight excluding hydrogens is 474 g/mol. The molecule has 6 heteroatoms. The number of fused-ring (bicyclic) bond motifs is 1. The van der Waals surface area contributed by atoms with Gasteiger partial charge in [0.2, 0.25) is 5.91 Å². The molecule has 0 aliphatic heterocycles. The van der Waals surface area contributed by atoms with Crippen molar-refractivity contribution in [2.75, 3.05) is 39.3 Å². The fraction of sp³-hybridized carbons (Fsp3) is 0.500. The van der Waals surface area contributed by atoms with Gasteiger partial charge in [0.15, 0.2) is 0 Å². The van der Waals surface area contributed by atoms with E-state index in [1.54, 1.807) is 14.0 Å². The molecule has 0 saturated heterocycles. The lowest BCUT2D eigenvalue weighted by atomic mass is 9.90.